The number of benzene rings is 2. The van der Waals surface area contributed by atoms with E-state index in [9.17, 15) is 118 Å². The third-order valence-corrected chi connectivity index (χ3v) is 27.7. The number of carbonyl (C=O) groups excluding carboxylic acids is 11. The molecule has 5 rings (SSSR count). The van der Waals surface area contributed by atoms with Crippen molar-refractivity contribution >= 4 is 146 Å². The number of esters is 6. The topological polar surface area (TPSA) is 645 Å². The van der Waals surface area contributed by atoms with E-state index < -0.39 is 182 Å². The number of anilines is 1. The van der Waals surface area contributed by atoms with Crippen molar-refractivity contribution in [2.24, 2.45) is 0 Å². The number of alkyl halides is 9. The molecule has 0 unspecified atom stereocenters. The van der Waals surface area contributed by atoms with Gasteiger partial charge in [0.05, 0.1) is 52.9 Å². The van der Waals surface area contributed by atoms with Gasteiger partial charge in [0.1, 0.15) is 12.2 Å². The molecule has 2 saturated heterocycles. The zero-order valence-electron chi connectivity index (χ0n) is 83.3. The van der Waals surface area contributed by atoms with Crippen LogP contribution in [-0.4, -0.2) is 306 Å². The number of hydrogen-bond donors (Lipinski definition) is 6. The van der Waals surface area contributed by atoms with Crippen LogP contribution in [0, 0.1) is 0 Å². The van der Waals surface area contributed by atoms with E-state index in [1.165, 1.54) is 80.9 Å². The Morgan fingerprint density at radius 3 is 0.945 bits per heavy atom. The van der Waals surface area contributed by atoms with Gasteiger partial charge in [-0.25, -0.2) is 33.6 Å². The number of rotatable bonds is 39. The SMILES string of the molecule is C.CC(C)c1cccc(C(C)C)c1[N-]CCC[N-]c1c(C(C)C)cccc1C(C)C.CN(C)c1ccncc1.C[C@H](O)C(=O)O[C@@H](C)C(=O)OCCCOC(=O)OOC(=O)OCCCOC(=O)[C@@H](C)OC(=O)[C@@H](C)O.C[C@H]1OC(=O)[C@@H](C)OC1=O.C[Si](C)(C)[N-][Si](C)(C)C.O=C(OCCCO)OOC(=O)OCCCO.O=C1OCCCO1.O=S(=O)([O][Al]([O]S(=O)(=O)C(F)(F)F)[O]S(=O)(=O)C(F)(F)F)C(F)(F)F.OO.[Zn]. The average Bonchev–Trinajstić information content (AvgIpc) is 0.787. The largest absolute Gasteiger partial charge is 0.952 e. The van der Waals surface area contributed by atoms with Crippen LogP contribution >= 0.6 is 0 Å². The summed E-state index contributed by atoms with van der Waals surface area (Å²) in [6.07, 6.45) is -6.49. The van der Waals surface area contributed by atoms with Gasteiger partial charge in [0, 0.05) is 97.0 Å². The van der Waals surface area contributed by atoms with E-state index in [2.05, 4.69) is 213 Å². The molecule has 0 bridgehead atoms. The van der Waals surface area contributed by atoms with E-state index in [4.69, 9.17) is 55.7 Å². The van der Waals surface area contributed by atoms with Gasteiger partial charge in [0.2, 0.25) is 0 Å². The molecule has 0 aliphatic carbocycles. The molecule has 3 heterocycles. The number of ether oxygens (including phenoxy) is 12. The van der Waals surface area contributed by atoms with Gasteiger partial charge in [0.15, 0.2) is 24.4 Å². The predicted molar refractivity (Wildman–Crippen MR) is 496 cm³/mol. The van der Waals surface area contributed by atoms with Crippen molar-refractivity contribution in [2.45, 2.75) is 259 Å². The van der Waals surface area contributed by atoms with Crippen molar-refractivity contribution in [2.75, 3.05) is 98.2 Å². The van der Waals surface area contributed by atoms with Crippen LogP contribution in [0.1, 0.15) is 189 Å². The molecule has 0 spiro atoms. The second kappa shape index (κ2) is 74.5. The Labute approximate surface area is 855 Å². The molecule has 63 heteroatoms. The van der Waals surface area contributed by atoms with Crippen LogP contribution in [-0.2, 0) is 165 Å². The van der Waals surface area contributed by atoms with E-state index in [1.54, 1.807) is 12.4 Å². The Morgan fingerprint density at radius 1 is 0.462 bits per heavy atom. The van der Waals surface area contributed by atoms with Gasteiger partial charge < -0.3 is 107 Å². The summed E-state index contributed by atoms with van der Waals surface area (Å²) >= 11 is -6.33. The fraction of sp³-hybridized carbons (Fsp3) is 0.659. The molecule has 6 atom stereocenters. The van der Waals surface area contributed by atoms with Crippen molar-refractivity contribution in [1.82, 2.24) is 4.98 Å². The molecular weight excluding hydrogens is 2140 g/mol. The number of aliphatic hydroxyl groups excluding tert-OH is 4. The summed E-state index contributed by atoms with van der Waals surface area (Å²) in [6.45, 7) is 41.0. The number of carbonyl (C=O) groups is 11. The zero-order valence-corrected chi connectivity index (χ0v) is 91.9. The standard InChI is InChI=1S/C27H40N2.C20H30O16.C8H14O8.C7H10N2.C6H18NSi2.C6H8O4.C4H6O3.3CHF3O3S.CH4.Al.H2O2.Zn/c1-18(2)22-12-9-13-23(19(3)4)26(22)28-16-11-17-29-27-24(20(5)6)14-10-15-25(27)21(7)8;1-11(21)15(23)33-13(3)17(25)29-7-5-9-31-19(27)35-36-20(28)32-10-6-8-30-18(26)14(4)34-16(24)12(2)22;9-3-1-5-13-7(11)15-16-8(12)14-6-2-4-10;1-9(2)7-3-5-8-6-4-7;1-8(2,3)7-9(4,5)6;1-3-5(7)10-4(2)6(8)9-3;5-4-6-2-1-3-7-4;3*2-1(3,4)8(5,6)7;;;1-2;/h9-10,12-15,18-21H,11,16-17H2,1-8H3;11-14,21-22H,5-10H2,1-4H3;9-10H,1-6H2;3-6H,1-2H3;1-6H3;3-4H,1-2H3;1-3H2;3*(H,5,6,7);1H4;;1-2H;/q-2;;;;-1;;;;;;;+3;;/p-3/t;11-,12+,13-,14+;;;;3-,4-;;;;;;;;/m.....1......../s1. The molecule has 1 aromatic heterocycles. The molecule has 2 aromatic carbocycles. The van der Waals surface area contributed by atoms with Crippen LogP contribution in [0.3, 0.4) is 0 Å². The molecule has 3 aromatic rings. The first-order valence-electron chi connectivity index (χ1n) is 42.8. The summed E-state index contributed by atoms with van der Waals surface area (Å²) in [7, 11) is -19.4. The third kappa shape index (κ3) is 67.9. The number of cyclic esters (lactones) is 4. The zero-order chi connectivity index (χ0) is 111. The first-order valence-corrected chi connectivity index (χ1v) is 55.4. The fourth-order valence-electron chi connectivity index (χ4n) is 9.38. The minimum Gasteiger partial charge on any atom is -0.684 e. The van der Waals surface area contributed by atoms with Gasteiger partial charge in [-0.05, 0) is 77.3 Å². The van der Waals surface area contributed by atoms with Crippen LogP contribution in [0.25, 0.3) is 15.3 Å². The molecule has 47 nitrogen and oxygen atoms in total. The van der Waals surface area contributed by atoms with E-state index in [0.29, 0.717) is 36.9 Å². The molecule has 2 fully saturated rings. The maximum absolute atomic E-state index is 12.0. The molecule has 2 aliphatic rings. The van der Waals surface area contributed by atoms with Crippen LogP contribution in [0.5, 0.6) is 0 Å². The van der Waals surface area contributed by atoms with Crippen molar-refractivity contribution in [3.63, 3.8) is 0 Å². The number of para-hydroxylation sites is 2. The van der Waals surface area contributed by atoms with Crippen molar-refractivity contribution < 1.29 is 254 Å². The summed E-state index contributed by atoms with van der Waals surface area (Å²) in [5, 5.41) is 56.8. The van der Waals surface area contributed by atoms with E-state index in [0.717, 1.165) is 25.9 Å². The van der Waals surface area contributed by atoms with Crippen molar-refractivity contribution in [3.8, 4) is 0 Å². The molecule has 0 saturated carbocycles. The second-order valence-electron chi connectivity index (χ2n) is 32.0. The smallest absolute Gasteiger partial charge is 0.684 e. The molecule has 6 N–H and O–H groups in total. The van der Waals surface area contributed by atoms with Gasteiger partial charge in [0.25, 0.3) is 0 Å². The Balaban J connectivity index is -0.000000401. The van der Waals surface area contributed by atoms with Crippen molar-refractivity contribution in [3.05, 3.63) is 98.5 Å². The van der Waals surface area contributed by atoms with E-state index in [1.807, 2.05) is 31.1 Å². The molecule has 2 aliphatic heterocycles. The molecule has 145 heavy (non-hydrogen) atoms. The van der Waals surface area contributed by atoms with E-state index >= 15 is 0 Å². The maximum Gasteiger partial charge on any atom is 0.952 e. The summed E-state index contributed by atoms with van der Waals surface area (Å²) in [5.41, 5.74) is -10.4. The first-order chi connectivity index (χ1) is 65.8. The Morgan fingerprint density at radius 2 is 0.731 bits per heavy atom. The van der Waals surface area contributed by atoms with Crippen LogP contribution < -0.4 is 4.90 Å². The van der Waals surface area contributed by atoms with Crippen LogP contribution in [0.2, 0.25) is 39.3 Å². The number of aliphatic hydroxyl groups is 4. The maximum atomic E-state index is 12.0. The summed E-state index contributed by atoms with van der Waals surface area (Å²) in [4.78, 5) is 143. The predicted octanol–water partition coefficient (Wildman–Crippen LogP) is 14.8. The van der Waals surface area contributed by atoms with Gasteiger partial charge in [-0.15, -0.1) is 24.5 Å². The number of aromatic nitrogens is 1. The Hall–Kier alpha value is -9.43. The van der Waals surface area contributed by atoms with Gasteiger partial charge in [-0.1, -0.05) is 184 Å². The van der Waals surface area contributed by atoms with E-state index in [-0.39, 0.29) is 105 Å². The van der Waals surface area contributed by atoms with Crippen LogP contribution in [0.15, 0.2) is 60.9 Å². The normalized spacial score (nSPS) is 14.1. The molecule has 0 radical (unpaired) electrons. The summed E-state index contributed by atoms with van der Waals surface area (Å²) < 4.78 is 238. The summed E-state index contributed by atoms with van der Waals surface area (Å²) in [6, 6.07) is 17.2. The quantitative estimate of drug-likeness (QED) is 0.00451. The number of halogens is 9. The van der Waals surface area contributed by atoms with Crippen molar-refractivity contribution in [1.29, 1.82) is 0 Å². The number of hydrogen-bond acceptors (Lipinski definition) is 44. The third-order valence-electron chi connectivity index (χ3n) is 15.7. The second-order valence-corrected chi connectivity index (χ2v) is 48.6. The minimum atomic E-state index is -7.08. The minimum absolute atomic E-state index is 0. The number of nitrogens with zero attached hydrogens (tertiary/aromatic N) is 5. The van der Waals surface area contributed by atoms with Crippen LogP contribution in [0.4, 0.5) is 80.5 Å². The van der Waals surface area contributed by atoms with Gasteiger partial charge in [-0.2, -0.15) is 103 Å². The average molecular weight is 2280 g/mol. The molecule has 834 valence electrons. The monoisotopic (exact) mass is 2270 g/mol. The molecular formula is C82H132AlF9N5O42S3Si2Zn-3. The Kier molecular flexibility index (Phi) is 75.1. The first kappa shape index (κ1) is 146. The fourth-order valence-corrected chi connectivity index (χ4v) is 22.5. The van der Waals surface area contributed by atoms with Gasteiger partial charge in [-0.3, -0.25) is 15.5 Å². The summed E-state index contributed by atoms with van der Waals surface area (Å²) in [5.74, 6) is -2.73. The molecule has 0 amide bonds. The Bertz CT molecular complexity index is 4300. The number of pyridine rings is 1. The van der Waals surface area contributed by atoms with Gasteiger partial charge >= 0.3 is 129 Å².